The molecule has 2 rings (SSSR count). The van der Waals surface area contributed by atoms with Crippen LogP contribution in [0.2, 0.25) is 0 Å². The third kappa shape index (κ3) is 1.67. The fraction of sp³-hybridized carbons (Fsp3) is 0.111. The summed E-state index contributed by atoms with van der Waals surface area (Å²) in [6.45, 7) is 4.05. The molecule has 0 aliphatic heterocycles. The number of thiazole rings is 1. The topological polar surface area (TPSA) is 35.0 Å². The molecule has 0 radical (unpaired) electrons. The van der Waals surface area contributed by atoms with Crippen LogP contribution < -0.4 is 4.74 Å². The van der Waals surface area contributed by atoms with E-state index >= 15 is 0 Å². The number of fused-ring (bicyclic) bond motifs is 1. The largest absolute Gasteiger partial charge is 0.473 e. The highest BCUT2D eigenvalue weighted by Gasteiger charge is 1.99. The van der Waals surface area contributed by atoms with E-state index in [2.05, 4.69) is 16.5 Å². The highest BCUT2D eigenvalue weighted by molar-refractivity contribution is 7.16. The summed E-state index contributed by atoms with van der Waals surface area (Å²) in [5, 5.41) is 0. The maximum Gasteiger partial charge on any atom is 0.215 e. The first-order chi connectivity index (χ1) is 6.40. The van der Waals surface area contributed by atoms with E-state index in [1.807, 2.05) is 12.1 Å². The number of hydrogen-bond donors (Lipinski definition) is 0. The lowest BCUT2D eigenvalue weighted by Crippen LogP contribution is -1.94. The van der Waals surface area contributed by atoms with E-state index in [4.69, 9.17) is 4.74 Å². The molecule has 0 unspecified atom stereocenters. The van der Waals surface area contributed by atoms with Crippen molar-refractivity contribution in [2.45, 2.75) is 0 Å². The number of aromatic nitrogens is 2. The Morgan fingerprint density at radius 1 is 1.54 bits per heavy atom. The lowest BCUT2D eigenvalue weighted by molar-refractivity contribution is 0.350. The first-order valence-corrected chi connectivity index (χ1v) is 4.72. The number of nitrogens with zero attached hydrogens (tertiary/aromatic N) is 2. The Hall–Kier alpha value is -1.42. The van der Waals surface area contributed by atoms with Gasteiger partial charge in [-0.05, 0) is 6.07 Å². The molecule has 0 fully saturated rings. The average Bonchev–Trinajstić information content (AvgIpc) is 2.61. The second-order valence-corrected chi connectivity index (χ2v) is 3.26. The maximum atomic E-state index is 5.28. The molecule has 0 atom stereocenters. The van der Waals surface area contributed by atoms with E-state index in [9.17, 15) is 0 Å². The zero-order valence-corrected chi connectivity index (χ0v) is 7.75. The van der Waals surface area contributed by atoms with Crippen molar-refractivity contribution < 1.29 is 4.74 Å². The summed E-state index contributed by atoms with van der Waals surface area (Å²) in [4.78, 5) is 9.28. The minimum Gasteiger partial charge on any atom is -0.473 e. The molecular formula is C9H8N2OS. The van der Waals surface area contributed by atoms with Crippen molar-refractivity contribution in [1.29, 1.82) is 0 Å². The first-order valence-electron chi connectivity index (χ1n) is 3.84. The lowest BCUT2D eigenvalue weighted by Gasteiger charge is -1.99. The second-order valence-electron chi connectivity index (χ2n) is 2.43. The molecule has 2 aromatic heterocycles. The van der Waals surface area contributed by atoms with Crippen LogP contribution in [-0.4, -0.2) is 16.6 Å². The van der Waals surface area contributed by atoms with E-state index in [0.29, 0.717) is 12.5 Å². The van der Waals surface area contributed by atoms with Crippen LogP contribution >= 0.6 is 11.3 Å². The molecule has 0 aromatic carbocycles. The summed E-state index contributed by atoms with van der Waals surface area (Å²) in [6, 6.07) is 3.71. The molecule has 0 bridgehead atoms. The van der Waals surface area contributed by atoms with Crippen LogP contribution in [0.15, 0.2) is 30.3 Å². The molecule has 0 N–H and O–H groups in total. The molecule has 2 aromatic rings. The average molecular weight is 192 g/mol. The predicted molar refractivity (Wildman–Crippen MR) is 53.1 cm³/mol. The zero-order valence-electron chi connectivity index (χ0n) is 6.93. The molecule has 3 nitrogen and oxygen atoms in total. The van der Waals surface area contributed by atoms with Gasteiger partial charge in [0, 0.05) is 6.07 Å². The van der Waals surface area contributed by atoms with E-state index in [-0.39, 0.29) is 0 Å². The van der Waals surface area contributed by atoms with Crippen molar-refractivity contribution in [2.75, 3.05) is 6.61 Å². The molecule has 0 aliphatic rings. The van der Waals surface area contributed by atoms with Gasteiger partial charge >= 0.3 is 0 Å². The molecular weight excluding hydrogens is 184 g/mol. The Morgan fingerprint density at radius 2 is 2.46 bits per heavy atom. The van der Waals surface area contributed by atoms with Crippen LogP contribution in [0.1, 0.15) is 0 Å². The van der Waals surface area contributed by atoms with Crippen LogP contribution in [0, 0.1) is 0 Å². The molecule has 0 saturated heterocycles. The summed E-state index contributed by atoms with van der Waals surface area (Å²) < 4.78 is 5.28. The van der Waals surface area contributed by atoms with Crippen LogP contribution in [-0.2, 0) is 0 Å². The van der Waals surface area contributed by atoms with Crippen LogP contribution in [0.4, 0.5) is 0 Å². The van der Waals surface area contributed by atoms with Crippen molar-refractivity contribution in [3.63, 3.8) is 0 Å². The molecule has 0 aliphatic carbocycles. The summed E-state index contributed by atoms with van der Waals surface area (Å²) in [7, 11) is 0. The maximum absolute atomic E-state index is 5.28. The Kier molecular flexibility index (Phi) is 2.23. The van der Waals surface area contributed by atoms with Gasteiger partial charge in [0.2, 0.25) is 5.88 Å². The minimum absolute atomic E-state index is 0.483. The van der Waals surface area contributed by atoms with Gasteiger partial charge in [-0.15, -0.1) is 11.3 Å². The normalized spacial score (nSPS) is 10.2. The summed E-state index contributed by atoms with van der Waals surface area (Å²) in [5.41, 5.74) is 2.69. The van der Waals surface area contributed by atoms with Crippen LogP contribution in [0.25, 0.3) is 10.3 Å². The van der Waals surface area contributed by atoms with Crippen molar-refractivity contribution in [1.82, 2.24) is 9.97 Å². The molecule has 13 heavy (non-hydrogen) atoms. The fourth-order valence-electron chi connectivity index (χ4n) is 0.959. The SMILES string of the molecule is C=CCOc1ccc2ncsc2n1. The summed E-state index contributed by atoms with van der Waals surface area (Å²) in [6.07, 6.45) is 1.69. The first kappa shape index (κ1) is 8.19. The minimum atomic E-state index is 0.483. The van der Waals surface area contributed by atoms with Gasteiger partial charge in [0.05, 0.1) is 5.51 Å². The Balaban J connectivity index is 2.31. The van der Waals surface area contributed by atoms with E-state index in [1.165, 1.54) is 11.3 Å². The molecule has 66 valence electrons. The number of pyridine rings is 1. The highest BCUT2D eigenvalue weighted by Crippen LogP contribution is 2.18. The number of hydrogen-bond acceptors (Lipinski definition) is 4. The van der Waals surface area contributed by atoms with Gasteiger partial charge in [0.25, 0.3) is 0 Å². The number of rotatable bonds is 3. The van der Waals surface area contributed by atoms with E-state index in [1.54, 1.807) is 11.6 Å². The molecule has 0 amide bonds. The Labute approximate surface area is 79.7 Å². The third-order valence-electron chi connectivity index (χ3n) is 1.52. The molecule has 0 saturated carbocycles. The summed E-state index contributed by atoms with van der Waals surface area (Å²) in [5.74, 6) is 0.622. The predicted octanol–water partition coefficient (Wildman–Crippen LogP) is 2.26. The van der Waals surface area contributed by atoms with Crippen LogP contribution in [0.3, 0.4) is 0 Å². The van der Waals surface area contributed by atoms with Gasteiger partial charge in [0.15, 0.2) is 0 Å². The van der Waals surface area contributed by atoms with Crippen molar-refractivity contribution in [2.24, 2.45) is 0 Å². The number of ether oxygens (including phenoxy) is 1. The monoisotopic (exact) mass is 192 g/mol. The van der Waals surface area contributed by atoms with Gasteiger partial charge in [-0.25, -0.2) is 9.97 Å². The fourth-order valence-corrected chi connectivity index (χ4v) is 1.61. The molecule has 0 spiro atoms. The third-order valence-corrected chi connectivity index (χ3v) is 2.25. The van der Waals surface area contributed by atoms with Crippen molar-refractivity contribution in [3.05, 3.63) is 30.3 Å². The van der Waals surface area contributed by atoms with Crippen molar-refractivity contribution in [3.8, 4) is 5.88 Å². The standard InChI is InChI=1S/C9H8N2OS/c1-2-5-12-8-4-3-7-9(11-8)13-6-10-7/h2-4,6H,1,5H2. The van der Waals surface area contributed by atoms with Gasteiger partial charge in [-0.2, -0.15) is 0 Å². The van der Waals surface area contributed by atoms with Gasteiger partial charge in [-0.1, -0.05) is 12.7 Å². The van der Waals surface area contributed by atoms with Crippen LogP contribution in [0.5, 0.6) is 5.88 Å². The van der Waals surface area contributed by atoms with Crippen molar-refractivity contribution >= 4 is 21.7 Å². The second kappa shape index (κ2) is 3.53. The van der Waals surface area contributed by atoms with E-state index < -0.39 is 0 Å². The summed E-state index contributed by atoms with van der Waals surface area (Å²) >= 11 is 1.51. The Bertz CT molecular complexity index is 424. The molecule has 4 heteroatoms. The van der Waals surface area contributed by atoms with Gasteiger partial charge in [-0.3, -0.25) is 0 Å². The van der Waals surface area contributed by atoms with Gasteiger partial charge < -0.3 is 4.74 Å². The Morgan fingerprint density at radius 3 is 3.31 bits per heavy atom. The quantitative estimate of drug-likeness (QED) is 0.700. The smallest absolute Gasteiger partial charge is 0.215 e. The highest BCUT2D eigenvalue weighted by atomic mass is 32.1. The molecule has 2 heterocycles. The van der Waals surface area contributed by atoms with E-state index in [0.717, 1.165) is 10.3 Å². The zero-order chi connectivity index (χ0) is 9.10. The van der Waals surface area contributed by atoms with Gasteiger partial charge in [0.1, 0.15) is 17.0 Å². The lowest BCUT2D eigenvalue weighted by atomic mass is 10.4.